The molecule has 0 unspecified atom stereocenters. The van der Waals surface area contributed by atoms with Gasteiger partial charge in [-0.25, -0.2) is 17.8 Å². The van der Waals surface area contributed by atoms with Crippen molar-refractivity contribution in [1.82, 2.24) is 14.3 Å². The Kier molecular flexibility index (Phi) is 5.78. The first kappa shape index (κ1) is 21.5. The van der Waals surface area contributed by atoms with Crippen LogP contribution in [-0.4, -0.2) is 35.0 Å². The lowest BCUT2D eigenvalue weighted by molar-refractivity contribution is 0.391. The number of nitrogens with one attached hydrogen (secondary N) is 1. The number of sulfonamides is 1. The van der Waals surface area contributed by atoms with E-state index in [-0.39, 0.29) is 11.6 Å². The van der Waals surface area contributed by atoms with Gasteiger partial charge in [-0.3, -0.25) is 4.98 Å². The maximum absolute atomic E-state index is 13.1. The van der Waals surface area contributed by atoms with E-state index in [1.165, 1.54) is 16.4 Å². The monoisotopic (exact) mass is 462 g/mol. The van der Waals surface area contributed by atoms with Crippen LogP contribution in [-0.2, 0) is 29.4 Å². The van der Waals surface area contributed by atoms with E-state index >= 15 is 0 Å². The summed E-state index contributed by atoms with van der Waals surface area (Å²) in [7, 11) is -3.44. The van der Waals surface area contributed by atoms with Gasteiger partial charge in [0.05, 0.1) is 23.2 Å². The Balaban J connectivity index is 1.31. The standard InChI is InChI=1S/C25H23FN4O2S/c26-21-7-5-18(6-8-21)11-14-33(31,32)30-13-10-23-20(17-30)9-12-27-25(23)29-22-15-19-3-1-2-4-24(19)28-16-22/h1-9,12,15-16H,10-11,13-14,17H2,(H,27,29). The van der Waals surface area contributed by atoms with E-state index in [1.54, 1.807) is 24.5 Å². The largest absolute Gasteiger partial charge is 0.339 e. The highest BCUT2D eigenvalue weighted by Crippen LogP contribution is 2.29. The maximum Gasteiger partial charge on any atom is 0.214 e. The molecule has 4 aromatic rings. The van der Waals surface area contributed by atoms with E-state index in [2.05, 4.69) is 15.3 Å². The van der Waals surface area contributed by atoms with Crippen molar-refractivity contribution in [1.29, 1.82) is 0 Å². The van der Waals surface area contributed by atoms with Crippen molar-refractivity contribution in [3.05, 3.63) is 95.6 Å². The van der Waals surface area contributed by atoms with Crippen LogP contribution in [0.3, 0.4) is 0 Å². The summed E-state index contributed by atoms with van der Waals surface area (Å²) < 4.78 is 40.5. The number of fused-ring (bicyclic) bond motifs is 2. The number of aromatic nitrogens is 2. The van der Waals surface area contributed by atoms with E-state index in [9.17, 15) is 12.8 Å². The van der Waals surface area contributed by atoms with Crippen molar-refractivity contribution in [2.45, 2.75) is 19.4 Å². The Labute approximate surface area is 192 Å². The van der Waals surface area contributed by atoms with Gasteiger partial charge in [-0.05, 0) is 54.3 Å². The van der Waals surface area contributed by atoms with Gasteiger partial charge in [-0.15, -0.1) is 0 Å². The van der Waals surface area contributed by atoms with E-state index in [4.69, 9.17) is 0 Å². The zero-order valence-electron chi connectivity index (χ0n) is 17.9. The molecule has 3 heterocycles. The summed E-state index contributed by atoms with van der Waals surface area (Å²) in [6.07, 6.45) is 4.40. The third-order valence-corrected chi connectivity index (χ3v) is 7.74. The van der Waals surface area contributed by atoms with Gasteiger partial charge in [0.15, 0.2) is 0 Å². The van der Waals surface area contributed by atoms with Crippen LogP contribution >= 0.6 is 0 Å². The minimum Gasteiger partial charge on any atom is -0.339 e. The van der Waals surface area contributed by atoms with Gasteiger partial charge in [0.25, 0.3) is 0 Å². The predicted molar refractivity (Wildman–Crippen MR) is 127 cm³/mol. The fourth-order valence-electron chi connectivity index (χ4n) is 4.11. The van der Waals surface area contributed by atoms with Gasteiger partial charge in [0, 0.05) is 30.2 Å². The average molecular weight is 463 g/mol. The first-order valence-electron chi connectivity index (χ1n) is 10.8. The molecule has 6 nitrogen and oxygen atoms in total. The summed E-state index contributed by atoms with van der Waals surface area (Å²) in [5.74, 6) is 0.395. The highest BCUT2D eigenvalue weighted by molar-refractivity contribution is 7.89. The number of anilines is 2. The van der Waals surface area contributed by atoms with Crippen LogP contribution in [0.15, 0.2) is 73.1 Å². The fourth-order valence-corrected chi connectivity index (χ4v) is 5.57. The number of nitrogens with zero attached hydrogens (tertiary/aromatic N) is 3. The van der Waals surface area contributed by atoms with Crippen molar-refractivity contribution < 1.29 is 12.8 Å². The normalized spacial score (nSPS) is 14.2. The van der Waals surface area contributed by atoms with Crippen molar-refractivity contribution >= 4 is 32.4 Å². The topological polar surface area (TPSA) is 75.2 Å². The Bertz CT molecular complexity index is 1410. The van der Waals surface area contributed by atoms with Crippen LogP contribution in [0.1, 0.15) is 16.7 Å². The number of hydrogen-bond acceptors (Lipinski definition) is 5. The third kappa shape index (κ3) is 4.72. The van der Waals surface area contributed by atoms with Crippen LogP contribution in [0.25, 0.3) is 10.9 Å². The number of para-hydroxylation sites is 1. The summed E-state index contributed by atoms with van der Waals surface area (Å²) in [4.78, 5) is 8.99. The second-order valence-electron chi connectivity index (χ2n) is 8.11. The molecule has 0 radical (unpaired) electrons. The molecule has 2 aromatic carbocycles. The van der Waals surface area contributed by atoms with Crippen molar-refractivity contribution in [2.24, 2.45) is 0 Å². The van der Waals surface area contributed by atoms with Gasteiger partial charge < -0.3 is 5.32 Å². The van der Waals surface area contributed by atoms with Gasteiger partial charge >= 0.3 is 0 Å². The molecule has 1 N–H and O–H groups in total. The molecule has 0 spiro atoms. The zero-order valence-corrected chi connectivity index (χ0v) is 18.7. The molecular formula is C25H23FN4O2S. The summed E-state index contributed by atoms with van der Waals surface area (Å²) in [5, 5.41) is 4.39. The molecule has 33 heavy (non-hydrogen) atoms. The molecule has 1 aliphatic heterocycles. The molecule has 0 amide bonds. The zero-order chi connectivity index (χ0) is 22.8. The predicted octanol–water partition coefficient (Wildman–Crippen LogP) is 4.44. The first-order valence-corrected chi connectivity index (χ1v) is 12.4. The highest BCUT2D eigenvalue weighted by atomic mass is 32.2. The lowest BCUT2D eigenvalue weighted by atomic mass is 10.0. The molecule has 168 valence electrons. The Hall–Kier alpha value is -3.36. The highest BCUT2D eigenvalue weighted by Gasteiger charge is 2.28. The quantitative estimate of drug-likeness (QED) is 0.458. The number of pyridine rings is 2. The fraction of sp³-hybridized carbons (Fsp3) is 0.200. The number of rotatable bonds is 6. The molecule has 1 aliphatic rings. The van der Waals surface area contributed by atoms with E-state index < -0.39 is 10.0 Å². The van der Waals surface area contributed by atoms with Crippen molar-refractivity contribution in [3.8, 4) is 0 Å². The van der Waals surface area contributed by atoms with Crippen LogP contribution in [0.5, 0.6) is 0 Å². The molecule has 5 rings (SSSR count). The second kappa shape index (κ2) is 8.88. The molecule has 0 saturated carbocycles. The van der Waals surface area contributed by atoms with E-state index in [0.717, 1.165) is 39.1 Å². The minimum atomic E-state index is -3.44. The third-order valence-electron chi connectivity index (χ3n) is 5.92. The van der Waals surface area contributed by atoms with E-state index in [0.29, 0.717) is 25.9 Å². The lowest BCUT2D eigenvalue weighted by Crippen LogP contribution is -2.38. The number of halogens is 1. The average Bonchev–Trinajstić information content (AvgIpc) is 2.83. The van der Waals surface area contributed by atoms with Gasteiger partial charge in [-0.2, -0.15) is 4.31 Å². The van der Waals surface area contributed by atoms with Crippen molar-refractivity contribution in [2.75, 3.05) is 17.6 Å². The summed E-state index contributed by atoms with van der Waals surface area (Å²) in [6, 6.07) is 17.8. The van der Waals surface area contributed by atoms with Crippen molar-refractivity contribution in [3.63, 3.8) is 0 Å². The summed E-state index contributed by atoms with van der Waals surface area (Å²) >= 11 is 0. The molecule has 2 aromatic heterocycles. The molecule has 0 atom stereocenters. The Morgan fingerprint density at radius 1 is 1.03 bits per heavy atom. The van der Waals surface area contributed by atoms with Crippen LogP contribution < -0.4 is 5.32 Å². The van der Waals surface area contributed by atoms with Gasteiger partial charge in [0.2, 0.25) is 10.0 Å². The number of aryl methyl sites for hydroxylation is 1. The summed E-state index contributed by atoms with van der Waals surface area (Å²) in [5.41, 5.74) is 4.53. The Morgan fingerprint density at radius 3 is 2.70 bits per heavy atom. The smallest absolute Gasteiger partial charge is 0.214 e. The van der Waals surface area contributed by atoms with E-state index in [1.807, 2.05) is 36.4 Å². The number of benzene rings is 2. The maximum atomic E-state index is 13.1. The SMILES string of the molecule is O=S(=O)(CCc1ccc(F)cc1)N1CCc2c(ccnc2Nc2cnc3ccccc3c2)C1. The molecule has 0 saturated heterocycles. The van der Waals surface area contributed by atoms with Gasteiger partial charge in [-0.1, -0.05) is 30.3 Å². The molecule has 0 aliphatic carbocycles. The molecule has 8 heteroatoms. The molecule has 0 fully saturated rings. The van der Waals surface area contributed by atoms with Crippen LogP contribution in [0.4, 0.5) is 15.9 Å². The molecular weight excluding hydrogens is 439 g/mol. The Morgan fingerprint density at radius 2 is 1.85 bits per heavy atom. The summed E-state index contributed by atoms with van der Waals surface area (Å²) in [6.45, 7) is 0.712. The molecule has 0 bridgehead atoms. The number of hydrogen-bond donors (Lipinski definition) is 1. The second-order valence-corrected chi connectivity index (χ2v) is 10.2. The first-order chi connectivity index (χ1) is 16.0. The minimum absolute atomic E-state index is 0.00703. The van der Waals surface area contributed by atoms with Gasteiger partial charge in [0.1, 0.15) is 11.6 Å². The van der Waals surface area contributed by atoms with Crippen LogP contribution in [0, 0.1) is 5.82 Å². The lowest BCUT2D eigenvalue weighted by Gasteiger charge is -2.29. The van der Waals surface area contributed by atoms with Crippen LogP contribution in [0.2, 0.25) is 0 Å².